The Kier molecular flexibility index (Phi) is 6.18. The molecule has 3 rings (SSSR count). The SMILES string of the molecule is COC(=O)C1CN(C(Cc2ccccc2)C2COCCO2)CCC1=O. The van der Waals surface area contributed by atoms with Gasteiger partial charge in [0.05, 0.1) is 33.0 Å². The summed E-state index contributed by atoms with van der Waals surface area (Å²) in [5.74, 6) is -1.20. The Bertz CT molecular complexity index is 577. The van der Waals surface area contributed by atoms with E-state index in [0.717, 1.165) is 6.42 Å². The van der Waals surface area contributed by atoms with Gasteiger partial charge in [-0.2, -0.15) is 0 Å². The van der Waals surface area contributed by atoms with Gasteiger partial charge in [0.1, 0.15) is 11.7 Å². The highest BCUT2D eigenvalue weighted by atomic mass is 16.6. The Balaban J connectivity index is 1.77. The molecule has 3 atom stereocenters. The summed E-state index contributed by atoms with van der Waals surface area (Å²) >= 11 is 0. The zero-order chi connectivity index (χ0) is 17.6. The fraction of sp³-hybridized carbons (Fsp3) is 0.579. The zero-order valence-corrected chi connectivity index (χ0v) is 14.6. The van der Waals surface area contributed by atoms with E-state index in [1.165, 1.54) is 12.7 Å². The van der Waals surface area contributed by atoms with Gasteiger partial charge < -0.3 is 14.2 Å². The molecule has 0 saturated carbocycles. The number of ketones is 1. The largest absolute Gasteiger partial charge is 0.468 e. The van der Waals surface area contributed by atoms with Crippen molar-refractivity contribution in [2.45, 2.75) is 25.0 Å². The molecule has 0 amide bonds. The van der Waals surface area contributed by atoms with Gasteiger partial charge in [-0.3, -0.25) is 14.5 Å². The number of hydrogen-bond donors (Lipinski definition) is 0. The molecule has 0 spiro atoms. The summed E-state index contributed by atoms with van der Waals surface area (Å²) in [6, 6.07) is 10.3. The van der Waals surface area contributed by atoms with Gasteiger partial charge in [-0.05, 0) is 12.0 Å². The Morgan fingerprint density at radius 2 is 2.12 bits per heavy atom. The highest BCUT2D eigenvalue weighted by molar-refractivity contribution is 5.99. The van der Waals surface area contributed by atoms with Crippen molar-refractivity contribution in [3.8, 4) is 0 Å². The maximum Gasteiger partial charge on any atom is 0.317 e. The van der Waals surface area contributed by atoms with Gasteiger partial charge in [0.15, 0.2) is 0 Å². The summed E-state index contributed by atoms with van der Waals surface area (Å²) in [4.78, 5) is 26.3. The predicted molar refractivity (Wildman–Crippen MR) is 91.2 cm³/mol. The van der Waals surface area contributed by atoms with E-state index in [1.807, 2.05) is 18.2 Å². The van der Waals surface area contributed by atoms with Crippen molar-refractivity contribution in [2.75, 3.05) is 40.0 Å². The van der Waals surface area contributed by atoms with Crippen molar-refractivity contribution in [3.63, 3.8) is 0 Å². The van der Waals surface area contributed by atoms with Crippen LogP contribution in [0.3, 0.4) is 0 Å². The normalized spacial score (nSPS) is 26.2. The molecular weight excluding hydrogens is 322 g/mol. The monoisotopic (exact) mass is 347 g/mol. The van der Waals surface area contributed by atoms with E-state index < -0.39 is 11.9 Å². The van der Waals surface area contributed by atoms with Crippen LogP contribution in [0.25, 0.3) is 0 Å². The molecule has 2 heterocycles. The Labute approximate surface area is 148 Å². The van der Waals surface area contributed by atoms with Crippen molar-refractivity contribution in [1.29, 1.82) is 0 Å². The van der Waals surface area contributed by atoms with Crippen LogP contribution in [0.15, 0.2) is 30.3 Å². The quantitative estimate of drug-likeness (QED) is 0.587. The third-order valence-electron chi connectivity index (χ3n) is 4.96. The number of carbonyl (C=O) groups is 2. The molecule has 136 valence electrons. The third-order valence-corrected chi connectivity index (χ3v) is 4.96. The van der Waals surface area contributed by atoms with Crippen LogP contribution < -0.4 is 0 Å². The molecule has 0 radical (unpaired) electrons. The fourth-order valence-electron chi connectivity index (χ4n) is 3.58. The number of Topliss-reactive ketones (excluding diaryl/α,β-unsaturated/α-hetero) is 1. The summed E-state index contributed by atoms with van der Waals surface area (Å²) in [6.07, 6.45) is 1.08. The average Bonchev–Trinajstić information content (AvgIpc) is 2.67. The van der Waals surface area contributed by atoms with Crippen LogP contribution in [0.5, 0.6) is 0 Å². The third kappa shape index (κ3) is 4.45. The maximum atomic E-state index is 12.1. The van der Waals surface area contributed by atoms with Gasteiger partial charge in [-0.25, -0.2) is 0 Å². The lowest BCUT2D eigenvalue weighted by atomic mass is 9.92. The number of methoxy groups -OCH3 is 1. The minimum absolute atomic E-state index is 0.0395. The Morgan fingerprint density at radius 3 is 2.80 bits per heavy atom. The number of piperidine rings is 1. The second-order valence-electron chi connectivity index (χ2n) is 6.53. The summed E-state index contributed by atoms with van der Waals surface area (Å²) in [6.45, 7) is 2.72. The standard InChI is InChI=1S/C19H25NO5/c1-23-19(22)15-12-20(8-7-17(15)21)16(18-13-24-9-10-25-18)11-14-5-3-2-4-6-14/h2-6,15-16,18H,7-13H2,1H3. The number of benzene rings is 1. The average molecular weight is 347 g/mol. The first-order valence-corrected chi connectivity index (χ1v) is 8.77. The van der Waals surface area contributed by atoms with Crippen LogP contribution in [-0.4, -0.2) is 68.8 Å². The molecule has 2 aliphatic rings. The molecular formula is C19H25NO5. The number of carbonyl (C=O) groups excluding carboxylic acids is 2. The van der Waals surface area contributed by atoms with Gasteiger partial charge in [-0.1, -0.05) is 30.3 Å². The molecule has 2 fully saturated rings. The fourth-order valence-corrected chi connectivity index (χ4v) is 3.58. The number of esters is 1. The van der Waals surface area contributed by atoms with E-state index in [4.69, 9.17) is 14.2 Å². The van der Waals surface area contributed by atoms with E-state index in [9.17, 15) is 9.59 Å². The zero-order valence-electron chi connectivity index (χ0n) is 14.6. The molecule has 0 aromatic heterocycles. The van der Waals surface area contributed by atoms with Crippen LogP contribution in [0.1, 0.15) is 12.0 Å². The lowest BCUT2D eigenvalue weighted by Gasteiger charge is -2.41. The molecule has 0 bridgehead atoms. The van der Waals surface area contributed by atoms with E-state index in [2.05, 4.69) is 17.0 Å². The van der Waals surface area contributed by atoms with E-state index >= 15 is 0 Å². The van der Waals surface area contributed by atoms with E-state index in [1.54, 1.807) is 0 Å². The minimum Gasteiger partial charge on any atom is -0.468 e. The van der Waals surface area contributed by atoms with Gasteiger partial charge in [0, 0.05) is 25.6 Å². The molecule has 2 saturated heterocycles. The van der Waals surface area contributed by atoms with Gasteiger partial charge in [-0.15, -0.1) is 0 Å². The molecule has 3 unspecified atom stereocenters. The Morgan fingerprint density at radius 1 is 1.32 bits per heavy atom. The smallest absolute Gasteiger partial charge is 0.317 e. The lowest BCUT2D eigenvalue weighted by molar-refractivity contribution is -0.155. The van der Waals surface area contributed by atoms with Gasteiger partial charge in [0.25, 0.3) is 0 Å². The van der Waals surface area contributed by atoms with E-state index in [-0.39, 0.29) is 17.9 Å². The number of rotatable bonds is 5. The first kappa shape index (κ1) is 18.0. The second kappa shape index (κ2) is 8.56. The van der Waals surface area contributed by atoms with Crippen molar-refractivity contribution >= 4 is 11.8 Å². The highest BCUT2D eigenvalue weighted by Crippen LogP contribution is 2.23. The van der Waals surface area contributed by atoms with Crippen LogP contribution in [0.2, 0.25) is 0 Å². The van der Waals surface area contributed by atoms with Crippen molar-refractivity contribution in [2.24, 2.45) is 5.92 Å². The van der Waals surface area contributed by atoms with Crippen LogP contribution in [-0.2, 0) is 30.2 Å². The molecule has 25 heavy (non-hydrogen) atoms. The molecule has 0 N–H and O–H groups in total. The number of hydrogen-bond acceptors (Lipinski definition) is 6. The summed E-state index contributed by atoms with van der Waals surface area (Å²) < 4.78 is 16.4. The number of nitrogens with zero attached hydrogens (tertiary/aromatic N) is 1. The minimum atomic E-state index is -0.707. The molecule has 1 aromatic rings. The van der Waals surface area contributed by atoms with Crippen LogP contribution in [0, 0.1) is 5.92 Å². The topological polar surface area (TPSA) is 65.1 Å². The predicted octanol–water partition coefficient (Wildman–Crippen LogP) is 1.08. The van der Waals surface area contributed by atoms with Crippen LogP contribution >= 0.6 is 0 Å². The summed E-state index contributed by atoms with van der Waals surface area (Å²) in [5, 5.41) is 0. The Hall–Kier alpha value is -1.76. The molecule has 6 nitrogen and oxygen atoms in total. The first-order valence-electron chi connectivity index (χ1n) is 8.77. The lowest BCUT2D eigenvalue weighted by Crippen LogP contribution is -2.55. The first-order chi connectivity index (χ1) is 12.2. The summed E-state index contributed by atoms with van der Waals surface area (Å²) in [5.41, 5.74) is 1.20. The van der Waals surface area contributed by atoms with E-state index in [0.29, 0.717) is 39.3 Å². The maximum absolute atomic E-state index is 12.1. The molecule has 6 heteroatoms. The highest BCUT2D eigenvalue weighted by Gasteiger charge is 2.39. The second-order valence-corrected chi connectivity index (χ2v) is 6.53. The van der Waals surface area contributed by atoms with Crippen molar-refractivity contribution in [1.82, 2.24) is 4.90 Å². The van der Waals surface area contributed by atoms with Crippen LogP contribution in [0.4, 0.5) is 0 Å². The van der Waals surface area contributed by atoms with Gasteiger partial charge in [0.2, 0.25) is 0 Å². The molecule has 1 aromatic carbocycles. The molecule has 2 aliphatic heterocycles. The number of ether oxygens (including phenoxy) is 3. The van der Waals surface area contributed by atoms with Crippen molar-refractivity contribution < 1.29 is 23.8 Å². The van der Waals surface area contributed by atoms with Gasteiger partial charge >= 0.3 is 5.97 Å². The molecule has 0 aliphatic carbocycles. The van der Waals surface area contributed by atoms with Crippen molar-refractivity contribution in [3.05, 3.63) is 35.9 Å². The number of likely N-dealkylation sites (tertiary alicyclic amines) is 1. The summed E-state index contributed by atoms with van der Waals surface area (Å²) in [7, 11) is 1.33.